The summed E-state index contributed by atoms with van der Waals surface area (Å²) in [5.74, 6) is -0.205. The summed E-state index contributed by atoms with van der Waals surface area (Å²) in [5.41, 5.74) is 7.33. The molecule has 1 atom stereocenters. The average molecular weight is 471 g/mol. The number of phenolic OH excluding ortho intramolecular Hbond substituents is 1. The molecule has 0 radical (unpaired) electrons. The summed E-state index contributed by atoms with van der Waals surface area (Å²) in [6.45, 7) is 0. The summed E-state index contributed by atoms with van der Waals surface area (Å²) in [6.07, 6.45) is -4.75. The van der Waals surface area contributed by atoms with Crippen molar-refractivity contribution >= 4 is 31.9 Å². The van der Waals surface area contributed by atoms with Crippen LogP contribution >= 0.6 is 31.9 Å². The Morgan fingerprint density at radius 1 is 1.12 bits per heavy atom. The van der Waals surface area contributed by atoms with Gasteiger partial charge in [-0.05, 0) is 61.2 Å². The molecule has 0 aliphatic carbocycles. The molecule has 130 valence electrons. The van der Waals surface area contributed by atoms with E-state index < -0.39 is 12.4 Å². The number of hydrogen-bond acceptors (Lipinski definition) is 4. The van der Waals surface area contributed by atoms with Crippen LogP contribution in [0.25, 0.3) is 0 Å². The second kappa shape index (κ2) is 7.20. The van der Waals surface area contributed by atoms with Gasteiger partial charge in [0.05, 0.1) is 17.6 Å². The number of halogens is 5. The van der Waals surface area contributed by atoms with Gasteiger partial charge in [-0.1, -0.05) is 12.1 Å². The summed E-state index contributed by atoms with van der Waals surface area (Å²) < 4.78 is 46.4. The van der Waals surface area contributed by atoms with E-state index in [2.05, 4.69) is 36.6 Å². The topological polar surface area (TPSA) is 64.7 Å². The van der Waals surface area contributed by atoms with Crippen LogP contribution in [-0.4, -0.2) is 18.6 Å². The molecule has 0 aromatic heterocycles. The summed E-state index contributed by atoms with van der Waals surface area (Å²) in [6, 6.07) is 6.13. The highest BCUT2D eigenvalue weighted by Gasteiger charge is 2.31. The lowest BCUT2D eigenvalue weighted by Crippen LogP contribution is -2.17. The molecule has 0 amide bonds. The first-order chi connectivity index (χ1) is 11.1. The van der Waals surface area contributed by atoms with E-state index in [9.17, 15) is 18.3 Å². The van der Waals surface area contributed by atoms with E-state index in [-0.39, 0.29) is 17.2 Å². The predicted octanol–water partition coefficient (Wildman–Crippen LogP) is 4.87. The third kappa shape index (κ3) is 4.14. The normalized spacial score (nSPS) is 12.8. The van der Waals surface area contributed by atoms with E-state index in [1.54, 1.807) is 6.07 Å². The van der Waals surface area contributed by atoms with E-state index in [4.69, 9.17) is 10.5 Å². The fraction of sp³-hybridized carbons (Fsp3) is 0.200. The van der Waals surface area contributed by atoms with E-state index in [0.717, 1.165) is 0 Å². The molecule has 9 heteroatoms. The minimum Gasteiger partial charge on any atom is -0.503 e. The van der Waals surface area contributed by atoms with Crippen molar-refractivity contribution in [1.29, 1.82) is 0 Å². The van der Waals surface area contributed by atoms with Crippen molar-refractivity contribution in [2.75, 3.05) is 7.11 Å². The second-order valence-corrected chi connectivity index (χ2v) is 6.33. The molecule has 0 aliphatic rings. The highest BCUT2D eigenvalue weighted by molar-refractivity contribution is 9.13. The Labute approximate surface area is 152 Å². The molecular formula is C15H12Br2F3NO3. The van der Waals surface area contributed by atoms with Gasteiger partial charge in [0.2, 0.25) is 0 Å². The van der Waals surface area contributed by atoms with Crippen LogP contribution in [0, 0.1) is 0 Å². The van der Waals surface area contributed by atoms with Gasteiger partial charge in [0.15, 0.2) is 11.5 Å². The third-order valence-corrected chi connectivity index (χ3v) is 5.36. The molecule has 0 saturated carbocycles. The van der Waals surface area contributed by atoms with E-state index in [0.29, 0.717) is 20.1 Å². The summed E-state index contributed by atoms with van der Waals surface area (Å²) >= 11 is 6.56. The molecule has 2 rings (SSSR count). The maximum atomic E-state index is 12.2. The number of benzene rings is 2. The number of nitrogens with two attached hydrogens (primary N) is 1. The molecule has 2 aromatic carbocycles. The summed E-state index contributed by atoms with van der Waals surface area (Å²) in [7, 11) is 1.40. The number of rotatable bonds is 4. The van der Waals surface area contributed by atoms with E-state index in [1.165, 1.54) is 31.4 Å². The zero-order chi connectivity index (χ0) is 18.1. The summed E-state index contributed by atoms with van der Waals surface area (Å²) in [5, 5.41) is 9.93. The molecule has 2 aromatic rings. The van der Waals surface area contributed by atoms with Crippen molar-refractivity contribution in [3.8, 4) is 17.2 Å². The lowest BCUT2D eigenvalue weighted by molar-refractivity contribution is -0.274. The van der Waals surface area contributed by atoms with E-state index in [1.807, 2.05) is 0 Å². The van der Waals surface area contributed by atoms with Crippen LogP contribution in [0.2, 0.25) is 0 Å². The fourth-order valence-electron chi connectivity index (χ4n) is 2.05. The van der Waals surface area contributed by atoms with Crippen LogP contribution in [0.3, 0.4) is 0 Å². The lowest BCUT2D eigenvalue weighted by atomic mass is 9.99. The Hall–Kier alpha value is -1.45. The van der Waals surface area contributed by atoms with E-state index >= 15 is 0 Å². The van der Waals surface area contributed by atoms with Gasteiger partial charge in [-0.25, -0.2) is 0 Å². The highest BCUT2D eigenvalue weighted by atomic mass is 79.9. The van der Waals surface area contributed by atoms with Gasteiger partial charge < -0.3 is 20.3 Å². The Bertz CT molecular complexity index is 736. The van der Waals surface area contributed by atoms with Crippen LogP contribution in [0.1, 0.15) is 17.2 Å². The number of aromatic hydroxyl groups is 1. The van der Waals surface area contributed by atoms with Crippen molar-refractivity contribution in [3.05, 3.63) is 50.4 Å². The van der Waals surface area contributed by atoms with Crippen molar-refractivity contribution in [2.45, 2.75) is 12.4 Å². The van der Waals surface area contributed by atoms with Crippen LogP contribution in [0.15, 0.2) is 39.3 Å². The summed E-state index contributed by atoms with van der Waals surface area (Å²) in [4.78, 5) is 0. The van der Waals surface area contributed by atoms with Crippen LogP contribution in [0.5, 0.6) is 17.2 Å². The van der Waals surface area contributed by atoms with Gasteiger partial charge >= 0.3 is 6.36 Å². The third-order valence-electron chi connectivity index (χ3n) is 3.20. The van der Waals surface area contributed by atoms with Gasteiger partial charge in [-0.15, -0.1) is 13.2 Å². The van der Waals surface area contributed by atoms with Crippen LogP contribution in [-0.2, 0) is 0 Å². The largest absolute Gasteiger partial charge is 0.573 e. The first kappa shape index (κ1) is 18.9. The zero-order valence-corrected chi connectivity index (χ0v) is 15.4. The first-order valence-electron chi connectivity index (χ1n) is 6.50. The van der Waals surface area contributed by atoms with Gasteiger partial charge in [0.25, 0.3) is 0 Å². The van der Waals surface area contributed by atoms with Gasteiger partial charge in [-0.3, -0.25) is 0 Å². The Morgan fingerprint density at radius 3 is 2.21 bits per heavy atom. The minimum absolute atomic E-state index is 0.0887. The average Bonchev–Trinajstić information content (AvgIpc) is 2.52. The molecule has 0 aliphatic heterocycles. The lowest BCUT2D eigenvalue weighted by Gasteiger charge is -2.18. The molecule has 0 unspecified atom stereocenters. The maximum Gasteiger partial charge on any atom is 0.573 e. The Kier molecular flexibility index (Phi) is 5.67. The quantitative estimate of drug-likeness (QED) is 0.668. The smallest absolute Gasteiger partial charge is 0.503 e. The molecule has 0 bridgehead atoms. The molecule has 3 N–H and O–H groups in total. The first-order valence-corrected chi connectivity index (χ1v) is 8.08. The minimum atomic E-state index is -4.75. The van der Waals surface area contributed by atoms with Crippen LogP contribution in [0.4, 0.5) is 13.2 Å². The van der Waals surface area contributed by atoms with Crippen LogP contribution < -0.4 is 15.2 Å². The number of ether oxygens (including phenoxy) is 2. The van der Waals surface area contributed by atoms with Gasteiger partial charge in [-0.2, -0.15) is 0 Å². The highest BCUT2D eigenvalue weighted by Crippen LogP contribution is 2.44. The number of methoxy groups -OCH3 is 1. The van der Waals surface area contributed by atoms with Crippen molar-refractivity contribution in [3.63, 3.8) is 0 Å². The molecule has 24 heavy (non-hydrogen) atoms. The van der Waals surface area contributed by atoms with Crippen molar-refractivity contribution in [1.82, 2.24) is 0 Å². The second-order valence-electron chi connectivity index (χ2n) is 4.74. The standard InChI is InChI=1S/C15H12Br2F3NO3/c1-23-10-6-9(11(16)12(17)14(10)22)13(21)7-2-4-8(5-3-7)24-15(18,19)20/h2-6,13,22H,21H2,1H3/t13-/m1/s1. The number of hydrogen-bond donors (Lipinski definition) is 2. The number of phenols is 1. The number of alkyl halides is 3. The van der Waals surface area contributed by atoms with Gasteiger partial charge in [0, 0.05) is 4.47 Å². The monoisotopic (exact) mass is 469 g/mol. The van der Waals surface area contributed by atoms with Crippen molar-refractivity contribution in [2.24, 2.45) is 5.73 Å². The SMILES string of the molecule is COc1cc([C@H](N)c2ccc(OC(F)(F)F)cc2)c(Br)c(Br)c1O. The zero-order valence-electron chi connectivity index (χ0n) is 12.2. The molecule has 0 heterocycles. The Balaban J connectivity index is 2.35. The molecule has 0 fully saturated rings. The molecule has 0 saturated heterocycles. The predicted molar refractivity (Wildman–Crippen MR) is 89.2 cm³/mol. The fourth-order valence-corrected chi connectivity index (χ4v) is 3.02. The van der Waals surface area contributed by atoms with Crippen molar-refractivity contribution < 1.29 is 27.8 Å². The van der Waals surface area contributed by atoms with Gasteiger partial charge in [0.1, 0.15) is 5.75 Å². The molecule has 0 spiro atoms. The Morgan fingerprint density at radius 2 is 1.71 bits per heavy atom. The molecular weight excluding hydrogens is 459 g/mol. The maximum absolute atomic E-state index is 12.2. The molecule has 4 nitrogen and oxygen atoms in total.